The number of nitrogens with two attached hydrogens (primary N) is 1. The van der Waals surface area contributed by atoms with Crippen molar-refractivity contribution in [2.24, 2.45) is 5.73 Å². The summed E-state index contributed by atoms with van der Waals surface area (Å²) in [5.74, 6) is -0.109. The third-order valence-electron chi connectivity index (χ3n) is 2.80. The second kappa shape index (κ2) is 4.54. The van der Waals surface area contributed by atoms with Crippen molar-refractivity contribution >= 4 is 14.0 Å². The summed E-state index contributed by atoms with van der Waals surface area (Å²) in [5, 5.41) is 0. The second-order valence-corrected chi connectivity index (χ2v) is 8.68. The number of amides is 1. The molecule has 0 aliphatic carbocycles. The minimum Gasteiger partial charge on any atom is -0.370 e. The van der Waals surface area contributed by atoms with Crippen LogP contribution in [0, 0.1) is 0 Å². The van der Waals surface area contributed by atoms with Gasteiger partial charge in [-0.3, -0.25) is 4.79 Å². The van der Waals surface area contributed by atoms with Gasteiger partial charge in [0.15, 0.2) is 0 Å². The van der Waals surface area contributed by atoms with E-state index in [0.717, 1.165) is 0 Å². The first-order chi connectivity index (χ1) is 5.10. The molecule has 0 aromatic heterocycles. The maximum atomic E-state index is 10.7. The fourth-order valence-electron chi connectivity index (χ4n) is 1.49. The Labute approximate surface area is 70.2 Å². The van der Waals surface area contributed by atoms with E-state index < -0.39 is 8.07 Å². The molecule has 0 aliphatic rings. The van der Waals surface area contributed by atoms with Crippen molar-refractivity contribution in [2.45, 2.75) is 44.9 Å². The van der Waals surface area contributed by atoms with Crippen LogP contribution in [0.3, 0.4) is 0 Å². The largest absolute Gasteiger partial charge is 0.370 e. The van der Waals surface area contributed by atoms with Crippen molar-refractivity contribution < 1.29 is 4.79 Å². The van der Waals surface area contributed by atoms with Gasteiger partial charge in [-0.05, 0) is 0 Å². The Morgan fingerprint density at radius 1 is 1.18 bits per heavy atom. The lowest BCUT2D eigenvalue weighted by Gasteiger charge is -2.25. The fraction of sp³-hybridized carbons (Fsp3) is 0.875. The zero-order chi connectivity index (χ0) is 8.91. The van der Waals surface area contributed by atoms with Crippen LogP contribution in [0.15, 0.2) is 0 Å². The first-order valence-corrected chi connectivity index (χ1v) is 7.21. The molecular weight excluding hydrogens is 154 g/mol. The van der Waals surface area contributed by atoms with Crippen LogP contribution in [-0.2, 0) is 4.79 Å². The summed E-state index contributed by atoms with van der Waals surface area (Å²) in [6, 6.07) is 4.23. The van der Waals surface area contributed by atoms with Crippen molar-refractivity contribution in [2.75, 3.05) is 0 Å². The van der Waals surface area contributed by atoms with Gasteiger partial charge in [-0.2, -0.15) is 0 Å². The molecule has 1 amide bonds. The van der Waals surface area contributed by atoms with E-state index in [2.05, 4.69) is 20.8 Å². The summed E-state index contributed by atoms with van der Waals surface area (Å²) in [7, 11) is -1.26. The summed E-state index contributed by atoms with van der Waals surface area (Å²) in [6.07, 6.45) is 0. The molecule has 0 unspecified atom stereocenters. The van der Waals surface area contributed by atoms with Gasteiger partial charge in [-0.1, -0.05) is 38.9 Å². The molecule has 0 aromatic carbocycles. The number of rotatable bonds is 5. The quantitative estimate of drug-likeness (QED) is 0.635. The van der Waals surface area contributed by atoms with Crippen LogP contribution < -0.4 is 5.73 Å². The van der Waals surface area contributed by atoms with Gasteiger partial charge in [0.05, 0.1) is 8.07 Å². The first-order valence-electron chi connectivity index (χ1n) is 4.38. The van der Waals surface area contributed by atoms with Crippen LogP contribution >= 0.6 is 0 Å². The van der Waals surface area contributed by atoms with Crippen molar-refractivity contribution in [3.63, 3.8) is 0 Å². The summed E-state index contributed by atoms with van der Waals surface area (Å²) >= 11 is 0. The van der Waals surface area contributed by atoms with Crippen LogP contribution in [0.1, 0.15) is 20.8 Å². The Morgan fingerprint density at radius 3 is 1.64 bits per heavy atom. The molecule has 0 spiro atoms. The summed E-state index contributed by atoms with van der Waals surface area (Å²) in [5.41, 5.74) is 5.20. The Hall–Kier alpha value is -0.313. The van der Waals surface area contributed by atoms with E-state index >= 15 is 0 Å². The third-order valence-corrected chi connectivity index (χ3v) is 8.40. The number of primary amides is 1. The molecule has 0 heterocycles. The maximum Gasteiger partial charge on any atom is 0.214 e. The van der Waals surface area contributed by atoms with Crippen LogP contribution in [0.2, 0.25) is 24.2 Å². The smallest absolute Gasteiger partial charge is 0.214 e. The second-order valence-electron chi connectivity index (χ2n) is 3.20. The third kappa shape index (κ3) is 3.06. The van der Waals surface area contributed by atoms with E-state index in [1.807, 2.05) is 0 Å². The standard InChI is InChI=1S/C8H19NOSi/c1-4-11(5-2,6-3)7-8(9)10/h4-7H2,1-3H3,(H2,9,10). The van der Waals surface area contributed by atoms with Gasteiger partial charge in [-0.25, -0.2) is 0 Å². The highest BCUT2D eigenvalue weighted by Crippen LogP contribution is 2.24. The fourth-order valence-corrected chi connectivity index (χ4v) is 4.48. The zero-order valence-corrected chi connectivity index (χ0v) is 8.81. The maximum absolute atomic E-state index is 10.7. The van der Waals surface area contributed by atoms with Crippen molar-refractivity contribution in [3.8, 4) is 0 Å². The summed E-state index contributed by atoms with van der Waals surface area (Å²) < 4.78 is 0. The molecular formula is C8H19NOSi. The van der Waals surface area contributed by atoms with Gasteiger partial charge in [0, 0.05) is 6.04 Å². The zero-order valence-electron chi connectivity index (χ0n) is 7.81. The molecule has 11 heavy (non-hydrogen) atoms. The summed E-state index contributed by atoms with van der Waals surface area (Å²) in [4.78, 5) is 10.7. The number of carbonyl (C=O) groups excluding carboxylic acids is 1. The monoisotopic (exact) mass is 173 g/mol. The van der Waals surface area contributed by atoms with Gasteiger partial charge < -0.3 is 5.73 Å². The normalized spacial score (nSPS) is 11.5. The lowest BCUT2D eigenvalue weighted by molar-refractivity contribution is -0.116. The molecule has 0 fully saturated rings. The number of hydrogen-bond donors (Lipinski definition) is 1. The van der Waals surface area contributed by atoms with Crippen LogP contribution in [0.4, 0.5) is 0 Å². The average molecular weight is 173 g/mol. The Morgan fingerprint density at radius 2 is 1.55 bits per heavy atom. The molecule has 3 heteroatoms. The van der Waals surface area contributed by atoms with Crippen LogP contribution in [0.5, 0.6) is 0 Å². The van der Waals surface area contributed by atoms with E-state index in [1.54, 1.807) is 0 Å². The lowest BCUT2D eigenvalue weighted by atomic mass is 10.8. The highest BCUT2D eigenvalue weighted by atomic mass is 28.3. The minimum absolute atomic E-state index is 0.109. The van der Waals surface area contributed by atoms with E-state index in [0.29, 0.717) is 6.04 Å². The number of hydrogen-bond acceptors (Lipinski definition) is 1. The van der Waals surface area contributed by atoms with E-state index in [9.17, 15) is 4.79 Å². The molecule has 66 valence electrons. The molecule has 0 saturated heterocycles. The average Bonchev–Trinajstić information content (AvgIpc) is 2.00. The Bertz CT molecular complexity index is 124. The first kappa shape index (κ1) is 10.7. The molecule has 0 saturated carbocycles. The van der Waals surface area contributed by atoms with Crippen molar-refractivity contribution in [1.29, 1.82) is 0 Å². The highest BCUT2D eigenvalue weighted by molar-refractivity contribution is 6.82. The highest BCUT2D eigenvalue weighted by Gasteiger charge is 2.28. The van der Waals surface area contributed by atoms with Gasteiger partial charge >= 0.3 is 0 Å². The van der Waals surface area contributed by atoms with Gasteiger partial charge in [0.1, 0.15) is 0 Å². The predicted molar refractivity (Wildman–Crippen MR) is 51.2 cm³/mol. The molecule has 2 nitrogen and oxygen atoms in total. The molecule has 0 bridgehead atoms. The molecule has 0 aromatic rings. The van der Waals surface area contributed by atoms with E-state index in [-0.39, 0.29) is 5.91 Å². The molecule has 0 radical (unpaired) electrons. The van der Waals surface area contributed by atoms with Crippen molar-refractivity contribution in [3.05, 3.63) is 0 Å². The minimum atomic E-state index is -1.26. The van der Waals surface area contributed by atoms with Gasteiger partial charge in [0.25, 0.3) is 0 Å². The van der Waals surface area contributed by atoms with E-state index in [4.69, 9.17) is 5.73 Å². The predicted octanol–water partition coefficient (Wildman–Crippen LogP) is 1.98. The van der Waals surface area contributed by atoms with Gasteiger partial charge in [0.2, 0.25) is 5.91 Å². The summed E-state index contributed by atoms with van der Waals surface area (Å²) in [6.45, 7) is 6.55. The van der Waals surface area contributed by atoms with Crippen LogP contribution in [0.25, 0.3) is 0 Å². The van der Waals surface area contributed by atoms with Crippen LogP contribution in [-0.4, -0.2) is 14.0 Å². The van der Waals surface area contributed by atoms with Gasteiger partial charge in [-0.15, -0.1) is 0 Å². The number of carbonyl (C=O) groups is 1. The Balaban J connectivity index is 4.16. The lowest BCUT2D eigenvalue weighted by Crippen LogP contribution is -2.36. The molecule has 0 rings (SSSR count). The SMILES string of the molecule is CC[Si](CC)(CC)CC(N)=O. The van der Waals surface area contributed by atoms with Crippen molar-refractivity contribution in [1.82, 2.24) is 0 Å². The molecule has 2 N–H and O–H groups in total. The molecule has 0 aliphatic heterocycles. The van der Waals surface area contributed by atoms with E-state index in [1.165, 1.54) is 18.1 Å². The molecule has 0 atom stereocenters. The Kier molecular flexibility index (Phi) is 4.41. The topological polar surface area (TPSA) is 43.1 Å².